The number of carboxylic acid groups (broad SMARTS) is 1. The van der Waals surface area contributed by atoms with E-state index in [-0.39, 0.29) is 5.76 Å². The van der Waals surface area contributed by atoms with Gasteiger partial charge in [-0.25, -0.2) is 4.79 Å². The van der Waals surface area contributed by atoms with Crippen molar-refractivity contribution in [2.45, 2.75) is 26.3 Å². The molecule has 0 aliphatic carbocycles. The molecule has 5 heteroatoms. The van der Waals surface area contributed by atoms with Crippen molar-refractivity contribution < 1.29 is 19.1 Å². The molecule has 0 spiro atoms. The van der Waals surface area contributed by atoms with Crippen LogP contribution in [0.25, 0.3) is 0 Å². The maximum absolute atomic E-state index is 10.8. The van der Waals surface area contributed by atoms with Gasteiger partial charge < -0.3 is 19.2 Å². The van der Waals surface area contributed by atoms with E-state index in [1.54, 1.807) is 6.07 Å². The van der Waals surface area contributed by atoms with E-state index in [1.807, 2.05) is 6.92 Å². The van der Waals surface area contributed by atoms with Crippen LogP contribution in [0.2, 0.25) is 0 Å². The second kappa shape index (κ2) is 6.21. The van der Waals surface area contributed by atoms with Crippen molar-refractivity contribution in [2.75, 3.05) is 26.8 Å². The second-order valence-electron chi connectivity index (χ2n) is 5.25. The number of ether oxygens (including phenoxy) is 1. The van der Waals surface area contributed by atoms with Crippen LogP contribution in [0.15, 0.2) is 10.5 Å². The number of nitrogens with zero attached hydrogens (tertiary/aromatic N) is 1. The number of carboxylic acids is 1. The van der Waals surface area contributed by atoms with Gasteiger partial charge in [-0.3, -0.25) is 0 Å². The summed E-state index contributed by atoms with van der Waals surface area (Å²) >= 11 is 0. The topological polar surface area (TPSA) is 62.9 Å². The summed E-state index contributed by atoms with van der Waals surface area (Å²) < 4.78 is 10.6. The molecule has 1 saturated heterocycles. The molecular weight excluding hydrogens is 246 g/mol. The molecule has 19 heavy (non-hydrogen) atoms. The first-order chi connectivity index (χ1) is 9.06. The lowest BCUT2D eigenvalue weighted by Gasteiger charge is -2.26. The van der Waals surface area contributed by atoms with Gasteiger partial charge in [0, 0.05) is 31.9 Å². The second-order valence-corrected chi connectivity index (χ2v) is 5.25. The van der Waals surface area contributed by atoms with Crippen LogP contribution in [0, 0.1) is 12.8 Å². The molecule has 1 aromatic rings. The van der Waals surface area contributed by atoms with Gasteiger partial charge in [-0.15, -0.1) is 0 Å². The van der Waals surface area contributed by atoms with Gasteiger partial charge in [-0.1, -0.05) is 0 Å². The van der Waals surface area contributed by atoms with Crippen molar-refractivity contribution in [3.8, 4) is 0 Å². The van der Waals surface area contributed by atoms with Crippen LogP contribution < -0.4 is 0 Å². The minimum atomic E-state index is -1.01. The van der Waals surface area contributed by atoms with Crippen molar-refractivity contribution in [1.29, 1.82) is 0 Å². The molecule has 0 atom stereocenters. The van der Waals surface area contributed by atoms with E-state index < -0.39 is 5.97 Å². The first-order valence-electron chi connectivity index (χ1n) is 6.65. The van der Waals surface area contributed by atoms with Crippen LogP contribution in [-0.4, -0.2) is 42.8 Å². The molecule has 1 N–H and O–H groups in total. The molecule has 106 valence electrons. The van der Waals surface area contributed by atoms with E-state index >= 15 is 0 Å². The monoisotopic (exact) mass is 267 g/mol. The normalized spacial score (nSPS) is 17.0. The van der Waals surface area contributed by atoms with Gasteiger partial charge in [0.15, 0.2) is 0 Å². The maximum Gasteiger partial charge on any atom is 0.371 e. The fraction of sp³-hybridized carbons (Fsp3) is 0.643. The number of hydrogen-bond donors (Lipinski definition) is 1. The Kier molecular flexibility index (Phi) is 4.61. The molecule has 1 aliphatic heterocycles. The SMILES string of the molecule is Cc1oc(C(=O)O)cc1CN(C)CC1CCOCC1. The van der Waals surface area contributed by atoms with Crippen LogP contribution in [0.3, 0.4) is 0 Å². The third-order valence-electron chi connectivity index (χ3n) is 3.58. The largest absolute Gasteiger partial charge is 0.475 e. The van der Waals surface area contributed by atoms with Gasteiger partial charge in [0.2, 0.25) is 5.76 Å². The summed E-state index contributed by atoms with van der Waals surface area (Å²) in [5.41, 5.74) is 0.951. The van der Waals surface area contributed by atoms with Gasteiger partial charge in [-0.2, -0.15) is 0 Å². The zero-order valence-electron chi connectivity index (χ0n) is 11.5. The number of carbonyl (C=O) groups is 1. The number of aryl methyl sites for hydroxylation is 1. The Labute approximate surface area is 113 Å². The zero-order valence-corrected chi connectivity index (χ0v) is 11.5. The molecular formula is C14H21NO4. The van der Waals surface area contributed by atoms with E-state index in [1.165, 1.54) is 0 Å². The molecule has 2 heterocycles. The van der Waals surface area contributed by atoms with E-state index in [0.29, 0.717) is 11.7 Å². The zero-order chi connectivity index (χ0) is 13.8. The summed E-state index contributed by atoms with van der Waals surface area (Å²) in [6.45, 7) is 5.25. The molecule has 0 radical (unpaired) electrons. The van der Waals surface area contributed by atoms with Crippen molar-refractivity contribution >= 4 is 5.97 Å². The molecule has 2 rings (SSSR count). The van der Waals surface area contributed by atoms with Crippen LogP contribution in [0.1, 0.15) is 34.7 Å². The van der Waals surface area contributed by atoms with Gasteiger partial charge in [0.05, 0.1) is 0 Å². The Morgan fingerprint density at radius 1 is 1.47 bits per heavy atom. The highest BCUT2D eigenvalue weighted by Gasteiger charge is 2.18. The molecule has 1 fully saturated rings. The third kappa shape index (κ3) is 3.81. The molecule has 0 aromatic carbocycles. The van der Waals surface area contributed by atoms with Gasteiger partial charge >= 0.3 is 5.97 Å². The summed E-state index contributed by atoms with van der Waals surface area (Å²) in [5, 5.41) is 8.90. The Morgan fingerprint density at radius 3 is 2.74 bits per heavy atom. The lowest BCUT2D eigenvalue weighted by atomic mass is 10.00. The van der Waals surface area contributed by atoms with E-state index in [0.717, 1.165) is 44.7 Å². The standard InChI is InChI=1S/C14H21NO4/c1-10-12(7-13(19-10)14(16)17)9-15(2)8-11-3-5-18-6-4-11/h7,11H,3-6,8-9H2,1-2H3,(H,16,17). The van der Waals surface area contributed by atoms with Gasteiger partial charge in [-0.05, 0) is 38.8 Å². The van der Waals surface area contributed by atoms with Crippen LogP contribution >= 0.6 is 0 Å². The highest BCUT2D eigenvalue weighted by molar-refractivity contribution is 5.84. The van der Waals surface area contributed by atoms with Gasteiger partial charge in [0.25, 0.3) is 0 Å². The predicted octanol–water partition coefficient (Wildman–Crippen LogP) is 2.14. The summed E-state index contributed by atoms with van der Waals surface area (Å²) in [4.78, 5) is 13.1. The highest BCUT2D eigenvalue weighted by atomic mass is 16.5. The van der Waals surface area contributed by atoms with E-state index in [2.05, 4.69) is 11.9 Å². The number of aromatic carboxylic acids is 1. The third-order valence-corrected chi connectivity index (χ3v) is 3.58. The quantitative estimate of drug-likeness (QED) is 0.885. The lowest BCUT2D eigenvalue weighted by molar-refractivity contribution is 0.0549. The lowest BCUT2D eigenvalue weighted by Crippen LogP contribution is -2.29. The maximum atomic E-state index is 10.8. The Bertz CT molecular complexity index is 435. The highest BCUT2D eigenvalue weighted by Crippen LogP contribution is 2.19. The average Bonchev–Trinajstić information content (AvgIpc) is 2.72. The minimum absolute atomic E-state index is 0.0203. The summed E-state index contributed by atoms with van der Waals surface area (Å²) in [6.07, 6.45) is 2.21. The Hall–Kier alpha value is -1.33. The summed E-state index contributed by atoms with van der Waals surface area (Å²) in [6, 6.07) is 1.62. The average molecular weight is 267 g/mol. The van der Waals surface area contributed by atoms with Crippen LogP contribution in [0.5, 0.6) is 0 Å². The predicted molar refractivity (Wildman–Crippen MR) is 70.3 cm³/mol. The van der Waals surface area contributed by atoms with Gasteiger partial charge in [0.1, 0.15) is 5.76 Å². The molecule has 0 saturated carbocycles. The van der Waals surface area contributed by atoms with Crippen molar-refractivity contribution in [2.24, 2.45) is 5.92 Å². The molecule has 0 unspecified atom stereocenters. The molecule has 5 nitrogen and oxygen atoms in total. The van der Waals surface area contributed by atoms with Crippen LogP contribution in [-0.2, 0) is 11.3 Å². The van der Waals surface area contributed by atoms with Crippen LogP contribution in [0.4, 0.5) is 0 Å². The van der Waals surface area contributed by atoms with Crippen molar-refractivity contribution in [3.05, 3.63) is 23.2 Å². The summed E-state index contributed by atoms with van der Waals surface area (Å²) in [5.74, 6) is 0.370. The fourth-order valence-corrected chi connectivity index (χ4v) is 2.51. The van der Waals surface area contributed by atoms with Crippen molar-refractivity contribution in [1.82, 2.24) is 4.90 Å². The smallest absolute Gasteiger partial charge is 0.371 e. The minimum Gasteiger partial charge on any atom is -0.475 e. The van der Waals surface area contributed by atoms with E-state index in [9.17, 15) is 4.79 Å². The number of rotatable bonds is 5. The van der Waals surface area contributed by atoms with Crippen molar-refractivity contribution in [3.63, 3.8) is 0 Å². The first kappa shape index (κ1) is 14.1. The Morgan fingerprint density at radius 2 is 2.16 bits per heavy atom. The number of furan rings is 1. The van der Waals surface area contributed by atoms with E-state index in [4.69, 9.17) is 14.3 Å². The molecule has 1 aliphatic rings. The summed E-state index contributed by atoms with van der Waals surface area (Å²) in [7, 11) is 2.06. The molecule has 0 amide bonds. The first-order valence-corrected chi connectivity index (χ1v) is 6.65. The molecule has 0 bridgehead atoms. The number of hydrogen-bond acceptors (Lipinski definition) is 4. The molecule has 1 aromatic heterocycles. The fourth-order valence-electron chi connectivity index (χ4n) is 2.51. The Balaban J connectivity index is 1.90.